The minimum Gasteiger partial charge on any atom is -0.497 e. The number of allylic oxidation sites excluding steroid dienone is 1. The molecule has 0 amide bonds. The normalized spacial score (nSPS) is 10.2. The summed E-state index contributed by atoms with van der Waals surface area (Å²) in [6.45, 7) is 4.06. The second-order valence-corrected chi connectivity index (χ2v) is 4.30. The molecule has 2 rings (SSSR count). The Morgan fingerprint density at radius 3 is 2.71 bits per heavy atom. The molecule has 0 bridgehead atoms. The summed E-state index contributed by atoms with van der Waals surface area (Å²) in [5.74, 6) is 1.52. The quantitative estimate of drug-likeness (QED) is 0.650. The summed E-state index contributed by atoms with van der Waals surface area (Å²) >= 11 is 0. The Kier molecular flexibility index (Phi) is 4.27. The molecular weight excluding hydrogens is 270 g/mol. The van der Waals surface area contributed by atoms with Gasteiger partial charge in [0, 0.05) is 5.56 Å². The maximum atomic E-state index is 11.4. The highest BCUT2D eigenvalue weighted by atomic mass is 16.5. The van der Waals surface area contributed by atoms with Gasteiger partial charge in [0.15, 0.2) is 6.29 Å². The fourth-order valence-electron chi connectivity index (χ4n) is 2.06. The van der Waals surface area contributed by atoms with E-state index >= 15 is 0 Å². The van der Waals surface area contributed by atoms with Crippen molar-refractivity contribution in [3.05, 3.63) is 36.4 Å². The van der Waals surface area contributed by atoms with Gasteiger partial charge in [-0.05, 0) is 18.2 Å². The Morgan fingerprint density at radius 1 is 1.38 bits per heavy atom. The van der Waals surface area contributed by atoms with Gasteiger partial charge in [-0.15, -0.1) is 6.58 Å². The molecular formula is C15H17N3O3. The lowest BCUT2D eigenvalue weighted by Gasteiger charge is -2.09. The monoisotopic (exact) mass is 287 g/mol. The second-order valence-electron chi connectivity index (χ2n) is 4.30. The maximum Gasteiger partial charge on any atom is 0.156 e. The number of ether oxygens (including phenoxy) is 2. The molecule has 1 heterocycles. The predicted octanol–water partition coefficient (Wildman–Crippen LogP) is 2.15. The molecule has 0 aliphatic heterocycles. The third-order valence-electron chi connectivity index (χ3n) is 3.11. The number of carbonyl (C=O) groups excluding carboxylic acids is 1. The fraction of sp³-hybridized carbons (Fsp3) is 0.200. The van der Waals surface area contributed by atoms with E-state index in [1.54, 1.807) is 38.5 Å². The Hall–Kier alpha value is -2.76. The molecule has 1 aromatic carbocycles. The Balaban J connectivity index is 2.67. The molecule has 0 saturated heterocycles. The third kappa shape index (κ3) is 2.60. The SMILES string of the molecule is C=CCn1nc(-c2cc(OC)ccc2OC)c(C=O)c1N. The number of aromatic nitrogens is 2. The van der Waals surface area contributed by atoms with Crippen LogP contribution in [-0.4, -0.2) is 30.3 Å². The smallest absolute Gasteiger partial charge is 0.156 e. The van der Waals surface area contributed by atoms with E-state index < -0.39 is 0 Å². The van der Waals surface area contributed by atoms with Crippen LogP contribution in [-0.2, 0) is 6.54 Å². The minimum absolute atomic E-state index is 0.296. The summed E-state index contributed by atoms with van der Waals surface area (Å²) in [6, 6.07) is 5.28. The van der Waals surface area contributed by atoms with Gasteiger partial charge < -0.3 is 15.2 Å². The average molecular weight is 287 g/mol. The van der Waals surface area contributed by atoms with Crippen molar-refractivity contribution in [2.24, 2.45) is 0 Å². The zero-order valence-electron chi connectivity index (χ0n) is 12.0. The molecule has 0 atom stereocenters. The summed E-state index contributed by atoms with van der Waals surface area (Å²) < 4.78 is 12.1. The molecule has 0 radical (unpaired) electrons. The van der Waals surface area contributed by atoms with Crippen LogP contribution >= 0.6 is 0 Å². The minimum atomic E-state index is 0.296. The average Bonchev–Trinajstić information content (AvgIpc) is 2.83. The van der Waals surface area contributed by atoms with Crippen LogP contribution in [0.2, 0.25) is 0 Å². The Labute approximate surface area is 122 Å². The Morgan fingerprint density at radius 2 is 2.14 bits per heavy atom. The van der Waals surface area contributed by atoms with Crippen molar-refractivity contribution in [1.82, 2.24) is 9.78 Å². The largest absolute Gasteiger partial charge is 0.497 e. The molecule has 6 heteroatoms. The highest BCUT2D eigenvalue weighted by molar-refractivity contribution is 5.93. The molecule has 110 valence electrons. The fourth-order valence-corrected chi connectivity index (χ4v) is 2.06. The van der Waals surface area contributed by atoms with Gasteiger partial charge in [-0.25, -0.2) is 4.68 Å². The van der Waals surface area contributed by atoms with Gasteiger partial charge >= 0.3 is 0 Å². The Bertz CT molecular complexity index is 677. The number of benzene rings is 1. The van der Waals surface area contributed by atoms with Gasteiger partial charge in [0.2, 0.25) is 0 Å². The van der Waals surface area contributed by atoms with Crippen LogP contribution < -0.4 is 15.2 Å². The van der Waals surface area contributed by atoms with Crippen LogP contribution in [0.4, 0.5) is 5.82 Å². The summed E-state index contributed by atoms with van der Waals surface area (Å²) in [4.78, 5) is 11.4. The van der Waals surface area contributed by atoms with E-state index in [2.05, 4.69) is 11.7 Å². The number of hydrogen-bond acceptors (Lipinski definition) is 5. The van der Waals surface area contributed by atoms with Gasteiger partial charge in [-0.3, -0.25) is 4.79 Å². The van der Waals surface area contributed by atoms with E-state index in [4.69, 9.17) is 15.2 Å². The van der Waals surface area contributed by atoms with E-state index in [-0.39, 0.29) is 0 Å². The van der Waals surface area contributed by atoms with Crippen molar-refractivity contribution >= 4 is 12.1 Å². The lowest BCUT2D eigenvalue weighted by molar-refractivity contribution is 0.112. The number of hydrogen-bond donors (Lipinski definition) is 1. The molecule has 0 spiro atoms. The first-order chi connectivity index (χ1) is 10.2. The third-order valence-corrected chi connectivity index (χ3v) is 3.11. The molecule has 0 unspecified atom stereocenters. The number of aldehydes is 1. The number of nitrogens with two attached hydrogens (primary N) is 1. The lowest BCUT2D eigenvalue weighted by atomic mass is 10.1. The number of nitrogen functional groups attached to an aromatic ring is 1. The zero-order chi connectivity index (χ0) is 15.4. The first-order valence-electron chi connectivity index (χ1n) is 6.31. The number of methoxy groups -OCH3 is 2. The van der Waals surface area contributed by atoms with Crippen LogP contribution in [0.5, 0.6) is 11.5 Å². The molecule has 1 aromatic heterocycles. The lowest BCUT2D eigenvalue weighted by Crippen LogP contribution is -2.03. The molecule has 2 N–H and O–H groups in total. The molecule has 0 fully saturated rings. The number of anilines is 1. The first kappa shape index (κ1) is 14.6. The standard InChI is InChI=1S/C15H17N3O3/c1-4-7-18-15(16)12(9-19)14(17-18)11-8-10(20-2)5-6-13(11)21-3/h4-6,8-9H,1,7,16H2,2-3H3. The zero-order valence-corrected chi connectivity index (χ0v) is 12.0. The van der Waals surface area contributed by atoms with E-state index in [0.29, 0.717) is 47.0 Å². The van der Waals surface area contributed by atoms with Crippen LogP contribution in [0.1, 0.15) is 10.4 Å². The van der Waals surface area contributed by atoms with E-state index in [1.807, 2.05) is 0 Å². The number of nitrogens with zero attached hydrogens (tertiary/aromatic N) is 2. The van der Waals surface area contributed by atoms with E-state index in [0.717, 1.165) is 0 Å². The van der Waals surface area contributed by atoms with Crippen molar-refractivity contribution in [2.75, 3.05) is 20.0 Å². The molecule has 21 heavy (non-hydrogen) atoms. The van der Waals surface area contributed by atoms with Gasteiger partial charge in [-0.2, -0.15) is 5.10 Å². The highest BCUT2D eigenvalue weighted by Crippen LogP contribution is 2.35. The maximum absolute atomic E-state index is 11.4. The highest BCUT2D eigenvalue weighted by Gasteiger charge is 2.19. The predicted molar refractivity (Wildman–Crippen MR) is 80.8 cm³/mol. The van der Waals surface area contributed by atoms with Crippen LogP contribution in [0.25, 0.3) is 11.3 Å². The summed E-state index contributed by atoms with van der Waals surface area (Å²) in [6.07, 6.45) is 2.35. The molecule has 0 aliphatic rings. The van der Waals surface area contributed by atoms with Crippen LogP contribution in [0.15, 0.2) is 30.9 Å². The van der Waals surface area contributed by atoms with Crippen LogP contribution in [0, 0.1) is 0 Å². The van der Waals surface area contributed by atoms with E-state index in [1.165, 1.54) is 4.68 Å². The first-order valence-corrected chi connectivity index (χ1v) is 6.31. The topological polar surface area (TPSA) is 79.4 Å². The molecule has 2 aromatic rings. The van der Waals surface area contributed by atoms with Crippen molar-refractivity contribution in [2.45, 2.75) is 6.54 Å². The van der Waals surface area contributed by atoms with Crippen molar-refractivity contribution in [1.29, 1.82) is 0 Å². The molecule has 6 nitrogen and oxygen atoms in total. The second kappa shape index (κ2) is 6.13. The van der Waals surface area contributed by atoms with Gasteiger partial charge in [0.05, 0.1) is 26.3 Å². The van der Waals surface area contributed by atoms with Crippen LogP contribution in [0.3, 0.4) is 0 Å². The number of carbonyl (C=O) groups is 1. The molecule has 0 saturated carbocycles. The van der Waals surface area contributed by atoms with Crippen molar-refractivity contribution in [3.63, 3.8) is 0 Å². The molecule has 0 aliphatic carbocycles. The van der Waals surface area contributed by atoms with Gasteiger partial charge in [-0.1, -0.05) is 6.08 Å². The summed E-state index contributed by atoms with van der Waals surface area (Å²) in [7, 11) is 3.12. The van der Waals surface area contributed by atoms with E-state index in [9.17, 15) is 4.79 Å². The number of rotatable bonds is 6. The summed E-state index contributed by atoms with van der Waals surface area (Å²) in [5, 5.41) is 4.38. The van der Waals surface area contributed by atoms with Crippen molar-refractivity contribution in [3.8, 4) is 22.8 Å². The van der Waals surface area contributed by atoms with Gasteiger partial charge in [0.25, 0.3) is 0 Å². The van der Waals surface area contributed by atoms with Gasteiger partial charge in [0.1, 0.15) is 23.0 Å². The summed E-state index contributed by atoms with van der Waals surface area (Å²) in [5.41, 5.74) is 7.38. The van der Waals surface area contributed by atoms with Crippen molar-refractivity contribution < 1.29 is 14.3 Å².